The van der Waals surface area contributed by atoms with Gasteiger partial charge in [-0.15, -0.1) is 0 Å². The highest BCUT2D eigenvalue weighted by Crippen LogP contribution is 2.35. The zero-order valence-corrected chi connectivity index (χ0v) is 18.2. The van der Waals surface area contributed by atoms with E-state index in [4.69, 9.17) is 1.37 Å². The molecule has 33 heavy (non-hydrogen) atoms. The van der Waals surface area contributed by atoms with E-state index >= 15 is 0 Å². The molecule has 0 bridgehead atoms. The third-order valence-electron chi connectivity index (χ3n) is 6.06. The first-order chi connectivity index (χ1) is 16.7. The molecule has 4 nitrogen and oxygen atoms in total. The molecule has 0 radical (unpaired) electrons. The predicted octanol–water partition coefficient (Wildman–Crippen LogP) is 7.01. The molecule has 4 heteroatoms. The first-order valence-electron chi connectivity index (χ1n) is 11.4. The largest absolute Gasteiger partial charge is 0.329 e. The Kier molecular flexibility index (Phi) is 4.36. The van der Waals surface area contributed by atoms with E-state index in [9.17, 15) is 0 Å². The second-order valence-corrected chi connectivity index (χ2v) is 8.01. The molecular weight excluding hydrogens is 404 g/mol. The van der Waals surface area contributed by atoms with Gasteiger partial charge in [-0.1, -0.05) is 54.6 Å². The van der Waals surface area contributed by atoms with Crippen LogP contribution in [0.15, 0.2) is 115 Å². The van der Waals surface area contributed by atoms with Crippen LogP contribution < -0.4 is 4.90 Å². The van der Waals surface area contributed by atoms with Crippen LogP contribution in [0, 0.1) is 0 Å². The van der Waals surface area contributed by atoms with E-state index in [1.165, 1.54) is 10.8 Å². The van der Waals surface area contributed by atoms with Gasteiger partial charge in [-0.3, -0.25) is 4.57 Å². The van der Waals surface area contributed by atoms with Crippen molar-refractivity contribution in [3.63, 3.8) is 0 Å². The van der Waals surface area contributed by atoms with Crippen molar-refractivity contribution < 1.29 is 1.37 Å². The zero-order chi connectivity index (χ0) is 23.1. The monoisotopic (exact) mass is 427 g/mol. The van der Waals surface area contributed by atoms with E-state index in [-0.39, 0.29) is 6.17 Å². The van der Waals surface area contributed by atoms with Gasteiger partial charge < -0.3 is 4.90 Å². The van der Waals surface area contributed by atoms with Crippen LogP contribution in [0.5, 0.6) is 0 Å². The molecule has 3 aromatic heterocycles. The van der Waals surface area contributed by atoms with Gasteiger partial charge >= 0.3 is 0 Å². The normalized spacial score (nSPS) is 11.6. The quantitative estimate of drug-likeness (QED) is 0.303. The zero-order valence-electron chi connectivity index (χ0n) is 19.2. The maximum Gasteiger partial charge on any atom is 0.137 e. The van der Waals surface area contributed by atoms with Crippen LogP contribution in [0.2, 0.25) is 0 Å². The van der Waals surface area contributed by atoms with Gasteiger partial charge in [0.25, 0.3) is 0 Å². The van der Waals surface area contributed by atoms with Gasteiger partial charge in [0.15, 0.2) is 0 Å². The van der Waals surface area contributed by atoms with Crippen LogP contribution in [0.25, 0.3) is 38.8 Å². The van der Waals surface area contributed by atoms with Crippen molar-refractivity contribution >= 4 is 33.3 Å². The third-order valence-corrected chi connectivity index (χ3v) is 6.06. The van der Waals surface area contributed by atoms with E-state index in [1.54, 1.807) is 6.07 Å². The number of nitrogens with zero attached hydrogens (tertiary/aromatic N) is 4. The summed E-state index contributed by atoms with van der Waals surface area (Å²) >= 11 is 0. The lowest BCUT2D eigenvalue weighted by Crippen LogP contribution is -2.10. The molecule has 0 atom stereocenters. The number of hydrogen-bond acceptors (Lipinski definition) is 3. The molecule has 158 valence electrons. The summed E-state index contributed by atoms with van der Waals surface area (Å²) < 4.78 is 10.1. The first-order valence-corrected chi connectivity index (χ1v) is 10.9. The van der Waals surface area contributed by atoms with E-state index in [0.29, 0.717) is 0 Å². The maximum atomic E-state index is 7.84. The third kappa shape index (κ3) is 3.33. The standard InChI is InChI=1S/C29H22N4/c1-32(28-13-4-6-17-30-28)23-10-8-9-21(19-23)22-15-16-25-24-11-2-3-12-26(24)33(27(25)20-22)29-14-5-7-18-31-29/h2-20H,1H3/i17D. The van der Waals surface area contributed by atoms with Crippen molar-refractivity contribution in [2.24, 2.45) is 0 Å². The molecule has 0 saturated carbocycles. The van der Waals surface area contributed by atoms with Crippen molar-refractivity contribution in [3.8, 4) is 16.9 Å². The number of hydrogen-bond donors (Lipinski definition) is 0. The van der Waals surface area contributed by atoms with E-state index in [0.717, 1.165) is 39.5 Å². The van der Waals surface area contributed by atoms with Crippen molar-refractivity contribution in [2.75, 3.05) is 11.9 Å². The lowest BCUT2D eigenvalue weighted by Gasteiger charge is -2.19. The number of pyridine rings is 2. The summed E-state index contributed by atoms with van der Waals surface area (Å²) in [5.41, 5.74) is 5.53. The molecule has 0 saturated heterocycles. The van der Waals surface area contributed by atoms with Gasteiger partial charge in [0, 0.05) is 35.9 Å². The molecule has 3 aromatic carbocycles. The summed E-state index contributed by atoms with van der Waals surface area (Å²) in [5, 5.41) is 2.42. The van der Waals surface area contributed by atoms with Crippen LogP contribution >= 0.6 is 0 Å². The van der Waals surface area contributed by atoms with Crippen molar-refractivity contribution in [1.29, 1.82) is 0 Å². The highest BCUT2D eigenvalue weighted by Gasteiger charge is 2.14. The second-order valence-electron chi connectivity index (χ2n) is 8.01. The van der Waals surface area contributed by atoms with Crippen LogP contribution in [0.1, 0.15) is 1.37 Å². The molecule has 3 heterocycles. The maximum absolute atomic E-state index is 7.84. The summed E-state index contributed by atoms with van der Waals surface area (Å²) in [6.45, 7) is 0. The predicted molar refractivity (Wildman–Crippen MR) is 136 cm³/mol. The highest BCUT2D eigenvalue weighted by molar-refractivity contribution is 6.10. The summed E-state index contributed by atoms with van der Waals surface area (Å²) in [6.07, 6.45) is 2.09. The van der Waals surface area contributed by atoms with Crippen LogP contribution in [-0.4, -0.2) is 21.6 Å². The van der Waals surface area contributed by atoms with Crippen molar-refractivity contribution in [3.05, 3.63) is 115 Å². The summed E-state index contributed by atoms with van der Waals surface area (Å²) in [5.74, 6) is 1.65. The van der Waals surface area contributed by atoms with Gasteiger partial charge in [0.2, 0.25) is 0 Å². The average molecular weight is 428 g/mol. The minimum Gasteiger partial charge on any atom is -0.329 e. The van der Waals surface area contributed by atoms with Crippen molar-refractivity contribution in [1.82, 2.24) is 14.5 Å². The van der Waals surface area contributed by atoms with E-state index in [2.05, 4.69) is 81.3 Å². The fraction of sp³-hybridized carbons (Fsp3) is 0.0345. The summed E-state index contributed by atoms with van der Waals surface area (Å²) in [7, 11) is 1.98. The molecule has 0 amide bonds. The minimum absolute atomic E-state index is 0.258. The summed E-state index contributed by atoms with van der Waals surface area (Å²) in [6, 6.07) is 35.0. The molecule has 0 unspecified atom stereocenters. The van der Waals surface area contributed by atoms with Gasteiger partial charge in [-0.05, 0) is 59.7 Å². The number of fused-ring (bicyclic) bond motifs is 3. The second kappa shape index (κ2) is 7.92. The molecule has 0 spiro atoms. The Balaban J connectivity index is 1.50. The van der Waals surface area contributed by atoms with Crippen molar-refractivity contribution in [2.45, 2.75) is 0 Å². The smallest absolute Gasteiger partial charge is 0.137 e. The highest BCUT2D eigenvalue weighted by atomic mass is 15.2. The number of aromatic nitrogens is 3. The van der Waals surface area contributed by atoms with Crippen LogP contribution in [-0.2, 0) is 0 Å². The lowest BCUT2D eigenvalue weighted by molar-refractivity contribution is 1.08. The topological polar surface area (TPSA) is 34.0 Å². The Bertz CT molecular complexity index is 1640. The Morgan fingerprint density at radius 3 is 2.39 bits per heavy atom. The molecule has 0 aliphatic carbocycles. The number of anilines is 2. The van der Waals surface area contributed by atoms with Gasteiger partial charge in [0.1, 0.15) is 11.6 Å². The molecule has 6 aromatic rings. The Morgan fingerprint density at radius 2 is 1.52 bits per heavy atom. The van der Waals surface area contributed by atoms with Gasteiger partial charge in [-0.2, -0.15) is 0 Å². The number of para-hydroxylation sites is 1. The average Bonchev–Trinajstić information content (AvgIpc) is 3.22. The molecule has 6 rings (SSSR count). The van der Waals surface area contributed by atoms with E-state index < -0.39 is 0 Å². The van der Waals surface area contributed by atoms with E-state index in [1.807, 2.05) is 48.5 Å². The minimum atomic E-state index is 0.258. The number of benzene rings is 3. The van der Waals surface area contributed by atoms with Crippen LogP contribution in [0.3, 0.4) is 0 Å². The van der Waals surface area contributed by atoms with Crippen LogP contribution in [0.4, 0.5) is 11.5 Å². The Labute approximate surface area is 193 Å². The fourth-order valence-electron chi connectivity index (χ4n) is 4.41. The molecule has 0 N–H and O–H groups in total. The Morgan fingerprint density at radius 1 is 0.697 bits per heavy atom. The lowest BCUT2D eigenvalue weighted by atomic mass is 10.0. The fourth-order valence-corrected chi connectivity index (χ4v) is 4.41. The van der Waals surface area contributed by atoms with Gasteiger partial charge in [0.05, 0.1) is 12.4 Å². The Hall–Kier alpha value is -4.44. The molecule has 0 fully saturated rings. The molecule has 0 aliphatic heterocycles. The van der Waals surface area contributed by atoms with Gasteiger partial charge in [-0.25, -0.2) is 9.97 Å². The summed E-state index contributed by atoms with van der Waals surface area (Å²) in [4.78, 5) is 11.0. The first kappa shape index (κ1) is 18.2. The molecular formula is C29H22N4. The SMILES string of the molecule is [2H]c1cccc(N(C)c2cccc(-c3ccc4c5ccccc5n(-c5ccccn5)c4c3)c2)n1. The number of rotatable bonds is 4. The molecule has 0 aliphatic rings.